The monoisotopic (exact) mass is 469 g/mol. The first-order chi connectivity index (χ1) is 11.1. The summed E-state index contributed by atoms with van der Waals surface area (Å²) < 4.78 is 0. The lowest BCUT2D eigenvalue weighted by Gasteiger charge is -2.33. The van der Waals surface area contributed by atoms with E-state index in [1.807, 2.05) is 0 Å². The summed E-state index contributed by atoms with van der Waals surface area (Å²) in [6.07, 6.45) is 7.17. The molecule has 0 spiro atoms. The van der Waals surface area contributed by atoms with Crippen molar-refractivity contribution >= 4 is 47.6 Å². The Bertz CT molecular complexity index is 409. The normalized spacial score (nSPS) is 19.5. The van der Waals surface area contributed by atoms with E-state index >= 15 is 0 Å². The van der Waals surface area contributed by atoms with E-state index in [0.29, 0.717) is 6.04 Å². The predicted molar refractivity (Wildman–Crippen MR) is 114 cm³/mol. The van der Waals surface area contributed by atoms with Gasteiger partial charge in [-0.25, -0.2) is 4.99 Å². The molecule has 2 fully saturated rings. The summed E-state index contributed by atoms with van der Waals surface area (Å²) in [5, 5.41) is 6.86. The van der Waals surface area contributed by atoms with Crippen LogP contribution in [0.15, 0.2) is 4.99 Å². The summed E-state index contributed by atoms with van der Waals surface area (Å²) in [4.78, 5) is 20.4. The van der Waals surface area contributed by atoms with Crippen LogP contribution in [-0.2, 0) is 4.79 Å². The number of hydrogen-bond acceptors (Lipinski definition) is 4. The number of amides is 1. The van der Waals surface area contributed by atoms with Crippen LogP contribution in [0.1, 0.15) is 25.7 Å². The second kappa shape index (κ2) is 11.4. The number of halogens is 1. The first-order valence-electron chi connectivity index (χ1n) is 8.58. The van der Waals surface area contributed by atoms with Crippen LogP contribution in [0.3, 0.4) is 0 Å². The van der Waals surface area contributed by atoms with Gasteiger partial charge in [-0.3, -0.25) is 4.79 Å². The molecule has 0 atom stereocenters. The van der Waals surface area contributed by atoms with Crippen molar-refractivity contribution in [3.8, 4) is 0 Å². The molecule has 0 radical (unpaired) electrons. The highest BCUT2D eigenvalue weighted by Crippen LogP contribution is 2.29. The molecule has 1 aliphatic heterocycles. The molecule has 0 aromatic rings. The highest BCUT2D eigenvalue weighted by molar-refractivity contribution is 14.0. The molecule has 0 aromatic carbocycles. The zero-order valence-electron chi connectivity index (χ0n) is 15.1. The quantitative estimate of drug-likeness (QED) is 0.254. The number of aliphatic imine (C=N–C) groups is 1. The van der Waals surface area contributed by atoms with Crippen molar-refractivity contribution in [2.45, 2.75) is 37.8 Å². The van der Waals surface area contributed by atoms with Crippen LogP contribution in [0.25, 0.3) is 0 Å². The number of thioether (sulfide) groups is 1. The van der Waals surface area contributed by atoms with Crippen molar-refractivity contribution < 1.29 is 4.79 Å². The molecule has 140 valence electrons. The molecule has 0 aromatic heterocycles. The van der Waals surface area contributed by atoms with E-state index in [9.17, 15) is 4.79 Å². The van der Waals surface area contributed by atoms with Gasteiger partial charge in [0.05, 0.1) is 0 Å². The summed E-state index contributed by atoms with van der Waals surface area (Å²) in [6, 6.07) is 1.32. The van der Waals surface area contributed by atoms with Crippen molar-refractivity contribution in [2.24, 2.45) is 4.99 Å². The number of carbonyl (C=O) groups is 1. The average molecular weight is 469 g/mol. The van der Waals surface area contributed by atoms with Crippen LogP contribution < -0.4 is 10.6 Å². The lowest BCUT2D eigenvalue weighted by molar-refractivity contribution is -0.127. The maximum atomic E-state index is 11.7. The van der Waals surface area contributed by atoms with Gasteiger partial charge in [-0.05, 0) is 31.9 Å². The molecule has 1 heterocycles. The summed E-state index contributed by atoms with van der Waals surface area (Å²) in [5.74, 6) is 1.83. The molecule has 0 unspecified atom stereocenters. The molecular weight excluding hydrogens is 437 g/mol. The number of guanidine groups is 1. The number of carbonyl (C=O) groups excluding carboxylic acids is 1. The average Bonchev–Trinajstić information content (AvgIpc) is 3.37. The Hall–Kier alpha value is -0.220. The van der Waals surface area contributed by atoms with Gasteiger partial charge in [-0.1, -0.05) is 0 Å². The molecule has 1 aliphatic carbocycles. The van der Waals surface area contributed by atoms with E-state index in [1.54, 1.807) is 30.8 Å². The number of hydrogen-bond donors (Lipinski definition) is 2. The van der Waals surface area contributed by atoms with E-state index in [4.69, 9.17) is 0 Å². The Balaban J connectivity index is 0.00000288. The third-order valence-corrected chi connectivity index (χ3v) is 5.02. The fourth-order valence-corrected chi connectivity index (χ4v) is 3.06. The van der Waals surface area contributed by atoms with Crippen molar-refractivity contribution in [3.05, 3.63) is 0 Å². The van der Waals surface area contributed by atoms with Gasteiger partial charge in [-0.15, -0.1) is 24.0 Å². The number of likely N-dealkylation sites (tertiary alicyclic amines) is 1. The van der Waals surface area contributed by atoms with E-state index in [1.165, 1.54) is 25.9 Å². The maximum Gasteiger partial charge on any atom is 0.243 e. The lowest BCUT2D eigenvalue weighted by Crippen LogP contribution is -2.49. The van der Waals surface area contributed by atoms with Gasteiger partial charge in [0, 0.05) is 51.6 Å². The lowest BCUT2D eigenvalue weighted by atomic mass is 10.1. The first kappa shape index (κ1) is 21.8. The third-order valence-electron chi connectivity index (χ3n) is 4.40. The van der Waals surface area contributed by atoms with E-state index in [-0.39, 0.29) is 36.4 Å². The second-order valence-electron chi connectivity index (χ2n) is 6.56. The number of rotatable bonds is 7. The van der Waals surface area contributed by atoms with E-state index in [0.717, 1.165) is 37.1 Å². The summed E-state index contributed by atoms with van der Waals surface area (Å²) in [6.45, 7) is 3.42. The van der Waals surface area contributed by atoms with E-state index in [2.05, 4.69) is 26.8 Å². The zero-order chi connectivity index (χ0) is 16.7. The standard InChI is InChI=1S/C16H31N5OS.HI/c1-20(2)15(22)12-18-16(17-8-11-23-3)19-13-6-9-21(10-7-13)14-4-5-14;/h13-14H,4-12H2,1-3H3,(H2,17,18,19);1H. The van der Waals surface area contributed by atoms with Crippen molar-refractivity contribution in [2.75, 3.05) is 52.3 Å². The topological polar surface area (TPSA) is 60.0 Å². The molecule has 1 saturated carbocycles. The molecule has 8 heteroatoms. The molecule has 0 bridgehead atoms. The van der Waals surface area contributed by atoms with Gasteiger partial charge >= 0.3 is 0 Å². The molecule has 1 saturated heterocycles. The molecule has 1 amide bonds. The molecule has 2 aliphatic rings. The van der Waals surface area contributed by atoms with E-state index < -0.39 is 0 Å². The van der Waals surface area contributed by atoms with Crippen molar-refractivity contribution in [3.63, 3.8) is 0 Å². The number of nitrogens with zero attached hydrogens (tertiary/aromatic N) is 3. The minimum atomic E-state index is 0. The highest BCUT2D eigenvalue weighted by Gasteiger charge is 2.31. The molecule has 6 nitrogen and oxygen atoms in total. The van der Waals surface area contributed by atoms with Gasteiger partial charge in [0.2, 0.25) is 5.91 Å². The number of nitrogens with one attached hydrogen (secondary N) is 2. The van der Waals surface area contributed by atoms with Crippen LogP contribution in [0.2, 0.25) is 0 Å². The van der Waals surface area contributed by atoms with Crippen molar-refractivity contribution in [1.29, 1.82) is 0 Å². The fourth-order valence-electron chi connectivity index (χ4n) is 2.75. The maximum absolute atomic E-state index is 11.7. The summed E-state index contributed by atoms with van der Waals surface area (Å²) in [7, 11) is 3.53. The Morgan fingerprint density at radius 3 is 2.46 bits per heavy atom. The van der Waals surface area contributed by atoms with Gasteiger partial charge < -0.3 is 20.4 Å². The Labute approximate surface area is 167 Å². The van der Waals surface area contributed by atoms with Gasteiger partial charge in [0.15, 0.2) is 5.96 Å². The second-order valence-corrected chi connectivity index (χ2v) is 7.54. The Kier molecular flexibility index (Phi) is 10.4. The summed E-state index contributed by atoms with van der Waals surface area (Å²) >= 11 is 1.80. The summed E-state index contributed by atoms with van der Waals surface area (Å²) in [5.41, 5.74) is 0. The molecule has 24 heavy (non-hydrogen) atoms. The minimum Gasteiger partial charge on any atom is -0.356 e. The van der Waals surface area contributed by atoms with Gasteiger partial charge in [-0.2, -0.15) is 11.8 Å². The molecule has 2 rings (SSSR count). The van der Waals surface area contributed by atoms with Gasteiger partial charge in [0.1, 0.15) is 6.54 Å². The molecular formula is C16H32IN5OS. The third kappa shape index (κ3) is 7.77. The fraction of sp³-hybridized carbons (Fsp3) is 0.875. The van der Waals surface area contributed by atoms with Crippen molar-refractivity contribution in [1.82, 2.24) is 20.4 Å². The van der Waals surface area contributed by atoms with Gasteiger partial charge in [0.25, 0.3) is 0 Å². The highest BCUT2D eigenvalue weighted by atomic mass is 127. The number of piperidine rings is 1. The van der Waals surface area contributed by atoms with Crippen LogP contribution in [-0.4, -0.2) is 86.0 Å². The SMILES string of the molecule is CSCCNC(=NCC(=O)N(C)C)NC1CCN(C2CC2)CC1.I. The van der Waals surface area contributed by atoms with Crippen LogP contribution in [0, 0.1) is 0 Å². The Morgan fingerprint density at radius 2 is 1.92 bits per heavy atom. The zero-order valence-corrected chi connectivity index (χ0v) is 18.2. The molecule has 2 N–H and O–H groups in total. The van der Waals surface area contributed by atoms with Crippen LogP contribution in [0.5, 0.6) is 0 Å². The largest absolute Gasteiger partial charge is 0.356 e. The predicted octanol–water partition coefficient (Wildman–Crippen LogP) is 1.22. The Morgan fingerprint density at radius 1 is 1.25 bits per heavy atom. The number of likely N-dealkylation sites (N-methyl/N-ethyl adjacent to an activating group) is 1. The van der Waals surface area contributed by atoms with Crippen LogP contribution in [0.4, 0.5) is 0 Å². The minimum absolute atomic E-state index is 0. The first-order valence-corrected chi connectivity index (χ1v) is 9.97. The van der Waals surface area contributed by atoms with Crippen LogP contribution >= 0.6 is 35.7 Å². The smallest absolute Gasteiger partial charge is 0.243 e.